The third kappa shape index (κ3) is 3.34. The van der Waals surface area contributed by atoms with Crippen LogP contribution in [0.15, 0.2) is 24.4 Å². The van der Waals surface area contributed by atoms with Crippen LogP contribution in [0, 0.1) is 6.92 Å². The number of aromatic nitrogens is 4. The average molecular weight is 369 g/mol. The van der Waals surface area contributed by atoms with Crippen molar-refractivity contribution in [2.75, 3.05) is 18.5 Å². The first-order valence-corrected chi connectivity index (χ1v) is 9.13. The molecule has 3 aromatic rings. The van der Waals surface area contributed by atoms with E-state index in [4.69, 9.17) is 9.47 Å². The highest BCUT2D eigenvalue weighted by atomic mass is 16.6. The van der Waals surface area contributed by atoms with Crippen molar-refractivity contribution in [3.8, 4) is 11.5 Å². The molecule has 4 rings (SSSR count). The number of hydrogen-bond donors (Lipinski definition) is 1. The Morgan fingerprint density at radius 3 is 2.81 bits per heavy atom. The van der Waals surface area contributed by atoms with Gasteiger partial charge >= 0.3 is 0 Å². The van der Waals surface area contributed by atoms with E-state index >= 15 is 0 Å². The summed E-state index contributed by atoms with van der Waals surface area (Å²) in [5.74, 6) is 1.28. The molecule has 0 fully saturated rings. The van der Waals surface area contributed by atoms with E-state index in [-0.39, 0.29) is 11.9 Å². The Morgan fingerprint density at radius 1 is 1.26 bits per heavy atom. The van der Waals surface area contributed by atoms with Gasteiger partial charge in [0, 0.05) is 24.2 Å². The monoisotopic (exact) mass is 369 g/mol. The molecule has 27 heavy (non-hydrogen) atoms. The lowest BCUT2D eigenvalue weighted by Gasteiger charge is -2.19. The van der Waals surface area contributed by atoms with Crippen LogP contribution in [0.4, 0.5) is 5.69 Å². The topological polar surface area (TPSA) is 83.2 Å². The standard InChI is InChI=1S/C19H23N5O3/c1-12(2)24-15-11-20-23(19(15)13(3)22-24)7-6-18(25)21-14-4-5-16-17(10-14)27-9-8-26-16/h4-5,10-12H,6-9H2,1-3H3,(H,21,25). The van der Waals surface area contributed by atoms with Crippen molar-refractivity contribution >= 4 is 22.6 Å². The first kappa shape index (κ1) is 17.4. The summed E-state index contributed by atoms with van der Waals surface area (Å²) in [5.41, 5.74) is 3.59. The highest BCUT2D eigenvalue weighted by molar-refractivity contribution is 5.91. The molecule has 8 heteroatoms. The summed E-state index contributed by atoms with van der Waals surface area (Å²) in [6.45, 7) is 7.69. The molecule has 1 aliphatic rings. The van der Waals surface area contributed by atoms with Crippen LogP contribution >= 0.6 is 0 Å². The predicted molar refractivity (Wildman–Crippen MR) is 101 cm³/mol. The maximum Gasteiger partial charge on any atom is 0.226 e. The molecular weight excluding hydrogens is 346 g/mol. The Morgan fingerprint density at radius 2 is 2.04 bits per heavy atom. The minimum Gasteiger partial charge on any atom is -0.486 e. The number of aryl methyl sites for hydroxylation is 2. The number of nitrogens with zero attached hydrogens (tertiary/aromatic N) is 4. The molecule has 1 amide bonds. The summed E-state index contributed by atoms with van der Waals surface area (Å²) in [4.78, 5) is 12.4. The number of anilines is 1. The van der Waals surface area contributed by atoms with Gasteiger partial charge in [0.25, 0.3) is 0 Å². The second-order valence-corrected chi connectivity index (χ2v) is 6.88. The number of nitrogens with one attached hydrogen (secondary N) is 1. The third-order valence-corrected chi connectivity index (χ3v) is 4.53. The Labute approximate surface area is 157 Å². The van der Waals surface area contributed by atoms with E-state index < -0.39 is 0 Å². The molecule has 2 aromatic heterocycles. The smallest absolute Gasteiger partial charge is 0.226 e. The fraction of sp³-hybridized carbons (Fsp3) is 0.421. The van der Waals surface area contributed by atoms with Crippen LogP contribution in [0.3, 0.4) is 0 Å². The first-order valence-electron chi connectivity index (χ1n) is 9.13. The second-order valence-electron chi connectivity index (χ2n) is 6.88. The van der Waals surface area contributed by atoms with Gasteiger partial charge in [0.2, 0.25) is 5.91 Å². The van der Waals surface area contributed by atoms with E-state index in [2.05, 4.69) is 29.4 Å². The molecule has 1 aliphatic heterocycles. The van der Waals surface area contributed by atoms with E-state index in [9.17, 15) is 4.79 Å². The van der Waals surface area contributed by atoms with E-state index in [0.717, 1.165) is 16.7 Å². The van der Waals surface area contributed by atoms with Crippen molar-refractivity contribution in [3.05, 3.63) is 30.1 Å². The van der Waals surface area contributed by atoms with Crippen molar-refractivity contribution in [1.29, 1.82) is 0 Å². The fourth-order valence-electron chi connectivity index (χ4n) is 3.29. The first-order chi connectivity index (χ1) is 13.0. The summed E-state index contributed by atoms with van der Waals surface area (Å²) in [5, 5.41) is 11.9. The van der Waals surface area contributed by atoms with Gasteiger partial charge in [-0.1, -0.05) is 0 Å². The minimum absolute atomic E-state index is 0.0794. The number of fused-ring (bicyclic) bond motifs is 2. The van der Waals surface area contributed by atoms with Crippen LogP contribution in [0.2, 0.25) is 0 Å². The van der Waals surface area contributed by atoms with Gasteiger partial charge in [0.15, 0.2) is 11.5 Å². The SMILES string of the molecule is Cc1nn(C(C)C)c2cnn(CCC(=O)Nc3ccc4c(c3)OCCO4)c12. The molecule has 0 unspecified atom stereocenters. The molecular formula is C19H23N5O3. The number of carbonyl (C=O) groups is 1. The van der Waals surface area contributed by atoms with Gasteiger partial charge < -0.3 is 14.8 Å². The summed E-state index contributed by atoms with van der Waals surface area (Å²) in [7, 11) is 0. The Bertz CT molecular complexity index is 989. The van der Waals surface area contributed by atoms with E-state index in [1.807, 2.05) is 34.6 Å². The van der Waals surface area contributed by atoms with Crippen LogP contribution in [-0.4, -0.2) is 38.7 Å². The van der Waals surface area contributed by atoms with Crippen molar-refractivity contribution < 1.29 is 14.3 Å². The Balaban J connectivity index is 1.43. The molecule has 0 radical (unpaired) electrons. The van der Waals surface area contributed by atoms with E-state index in [1.165, 1.54) is 0 Å². The van der Waals surface area contributed by atoms with Gasteiger partial charge in [-0.05, 0) is 32.9 Å². The summed E-state index contributed by atoms with van der Waals surface area (Å²) in [6, 6.07) is 5.67. The largest absolute Gasteiger partial charge is 0.486 e. The molecule has 0 bridgehead atoms. The molecule has 0 atom stereocenters. The molecule has 1 aromatic carbocycles. The zero-order valence-electron chi connectivity index (χ0n) is 15.7. The van der Waals surface area contributed by atoms with Crippen molar-refractivity contribution in [1.82, 2.24) is 19.6 Å². The number of rotatable bonds is 5. The maximum atomic E-state index is 12.4. The highest BCUT2D eigenvalue weighted by Gasteiger charge is 2.16. The fourth-order valence-corrected chi connectivity index (χ4v) is 3.29. The minimum atomic E-state index is -0.0794. The Kier molecular flexibility index (Phi) is 4.47. The van der Waals surface area contributed by atoms with Gasteiger partial charge in [-0.25, -0.2) is 0 Å². The van der Waals surface area contributed by atoms with Gasteiger partial charge in [-0.3, -0.25) is 14.2 Å². The second kappa shape index (κ2) is 6.94. The molecule has 0 saturated heterocycles. The molecule has 3 heterocycles. The molecule has 0 saturated carbocycles. The summed E-state index contributed by atoms with van der Waals surface area (Å²) in [6.07, 6.45) is 2.13. The highest BCUT2D eigenvalue weighted by Crippen LogP contribution is 2.32. The van der Waals surface area contributed by atoms with Crippen molar-refractivity contribution in [2.24, 2.45) is 0 Å². The van der Waals surface area contributed by atoms with Crippen molar-refractivity contribution in [2.45, 2.75) is 39.8 Å². The quantitative estimate of drug-likeness (QED) is 0.748. The average Bonchev–Trinajstić information content (AvgIpc) is 3.21. The van der Waals surface area contributed by atoms with E-state index in [1.54, 1.807) is 6.07 Å². The maximum absolute atomic E-state index is 12.4. The molecule has 0 spiro atoms. The number of carbonyl (C=O) groups excluding carboxylic acids is 1. The lowest BCUT2D eigenvalue weighted by Crippen LogP contribution is -2.17. The molecule has 8 nitrogen and oxygen atoms in total. The van der Waals surface area contributed by atoms with Crippen LogP contribution in [0.25, 0.3) is 11.0 Å². The molecule has 142 valence electrons. The number of ether oxygens (including phenoxy) is 2. The van der Waals surface area contributed by atoms with Gasteiger partial charge in [-0.15, -0.1) is 0 Å². The number of benzene rings is 1. The molecule has 0 aliphatic carbocycles. The zero-order chi connectivity index (χ0) is 19.0. The zero-order valence-corrected chi connectivity index (χ0v) is 15.7. The van der Waals surface area contributed by atoms with Crippen molar-refractivity contribution in [3.63, 3.8) is 0 Å². The van der Waals surface area contributed by atoms with Crippen LogP contribution in [-0.2, 0) is 11.3 Å². The normalized spacial score (nSPS) is 13.3. The van der Waals surface area contributed by atoms with Crippen LogP contribution in [0.1, 0.15) is 32.0 Å². The third-order valence-electron chi connectivity index (χ3n) is 4.53. The summed E-state index contributed by atoms with van der Waals surface area (Å²) >= 11 is 0. The van der Waals surface area contributed by atoms with Crippen LogP contribution < -0.4 is 14.8 Å². The van der Waals surface area contributed by atoms with Gasteiger partial charge in [0.05, 0.1) is 18.4 Å². The lowest BCUT2D eigenvalue weighted by atomic mass is 10.2. The predicted octanol–water partition coefficient (Wildman–Crippen LogP) is 2.92. The Hall–Kier alpha value is -3.03. The lowest BCUT2D eigenvalue weighted by molar-refractivity contribution is -0.116. The number of amides is 1. The van der Waals surface area contributed by atoms with Crippen LogP contribution in [0.5, 0.6) is 11.5 Å². The van der Waals surface area contributed by atoms with Gasteiger partial charge in [-0.2, -0.15) is 10.2 Å². The number of hydrogen-bond acceptors (Lipinski definition) is 5. The van der Waals surface area contributed by atoms with Gasteiger partial charge in [0.1, 0.15) is 24.2 Å². The van der Waals surface area contributed by atoms with E-state index in [0.29, 0.717) is 43.4 Å². The summed E-state index contributed by atoms with van der Waals surface area (Å²) < 4.78 is 14.9. The molecule has 1 N–H and O–H groups in total.